The number of rotatable bonds is 26. The van der Waals surface area contributed by atoms with Crippen LogP contribution in [0.2, 0.25) is 0 Å². The molecule has 8 rings (SSSR count). The lowest BCUT2D eigenvalue weighted by Gasteiger charge is -2.49. The van der Waals surface area contributed by atoms with E-state index in [1.54, 1.807) is 93.9 Å². The van der Waals surface area contributed by atoms with Gasteiger partial charge in [0.05, 0.1) is 111 Å². The topological polar surface area (TPSA) is 416 Å². The summed E-state index contributed by atoms with van der Waals surface area (Å²) in [5.74, 6) is -4.62. The number of esters is 4. The minimum absolute atomic E-state index is 0.102. The van der Waals surface area contributed by atoms with Crippen LogP contribution in [0.4, 0.5) is 0 Å². The fourth-order valence-corrected chi connectivity index (χ4v) is 27.9. The summed E-state index contributed by atoms with van der Waals surface area (Å²) in [4.78, 5) is 64.1. The average molecular weight is 1910 g/mol. The number of methoxy groups -OCH3 is 2. The van der Waals surface area contributed by atoms with Gasteiger partial charge in [-0.1, -0.05) is 48.0 Å². The third-order valence-electron chi connectivity index (χ3n) is 29.0. The lowest BCUT2D eigenvalue weighted by molar-refractivity contribution is -0.319. The number of ether oxygens (including phenoxy) is 14. The van der Waals surface area contributed by atoms with Crippen molar-refractivity contribution in [3.05, 3.63) is 0 Å². The van der Waals surface area contributed by atoms with Gasteiger partial charge in [-0.3, -0.25) is 19.2 Å². The molecule has 8 aliphatic heterocycles. The number of likely N-dealkylation sites (N-methyl/N-ethyl adjacent to an activating group) is 4. The average Bonchev–Trinajstić information content (AvgIpc) is 1.62. The quantitative estimate of drug-likeness (QED) is 0.0128. The first kappa shape index (κ1) is 113. The molecule has 8 fully saturated rings. The fourth-order valence-electron chi connectivity index (χ4n) is 20.8. The zero-order chi connectivity index (χ0) is 96.1. The monoisotopic (exact) mass is 1910 g/mol. The number of carbonyl (C=O) groups excluding carboxylic acids is 4. The molecule has 36 heteroatoms. The molecular weight excluding hydrogens is 1740 g/mol. The Hall–Kier alpha value is -1.68. The number of hydrogen-bond donors (Lipinski definition) is 9. The predicted molar refractivity (Wildman–Crippen MR) is 493 cm³/mol. The summed E-state index contributed by atoms with van der Waals surface area (Å²) in [7, 11) is 16.0. The largest absolute Gasteiger partial charge is 0.605 e. The van der Waals surface area contributed by atoms with Crippen molar-refractivity contribution in [2.75, 3.05) is 81.1 Å². The second kappa shape index (κ2) is 49.2. The maximum absolute atomic E-state index is 14.5. The van der Waals surface area contributed by atoms with Gasteiger partial charge >= 0.3 is 23.9 Å². The highest BCUT2D eigenvalue weighted by atomic mass is 33.1. The highest BCUT2D eigenvalue weighted by Crippen LogP contribution is 2.46. The molecule has 8 heterocycles. The van der Waals surface area contributed by atoms with Crippen molar-refractivity contribution in [2.45, 2.75) is 445 Å². The molecule has 8 aliphatic rings. The van der Waals surface area contributed by atoms with Crippen LogP contribution in [0.5, 0.6) is 0 Å². The van der Waals surface area contributed by atoms with E-state index in [2.05, 4.69) is 0 Å². The summed E-state index contributed by atoms with van der Waals surface area (Å²) in [6, 6.07) is -1.75. The second-order valence-corrected chi connectivity index (χ2v) is 47.9. The van der Waals surface area contributed by atoms with Crippen LogP contribution < -0.4 is 0 Å². The van der Waals surface area contributed by atoms with E-state index in [0.29, 0.717) is 44.0 Å². The van der Waals surface area contributed by atoms with Crippen LogP contribution in [0, 0.1) is 35.5 Å². The first-order chi connectivity index (χ1) is 59.5. The number of nitrogens with zero attached hydrogens (tertiary/aromatic N) is 4. The lowest BCUT2D eigenvalue weighted by Crippen LogP contribution is -2.61. The van der Waals surface area contributed by atoms with Crippen LogP contribution in [0.1, 0.15) is 254 Å². The van der Waals surface area contributed by atoms with E-state index >= 15 is 0 Å². The standard InChI is InChI=1S/C46H85N2O14S2.C46H84N2O14S2/c1-15-34-46(10,54)39(50)30(6)48(13)25-26(2)23-44(8,53)41(28(4)37(29(5)42(52)59-34)61-36-24-45(9,56-14)40(51)31(7)58-36)62-43-38(33(47(11)12)22-27(3)57-43)60-35(49)19-17-16-18-32-20-21-64(55)63-32;1-15-34-46(10,54)39(50)30(6)48(13)25-26(2)23-44(8,53)41(28(4)37(29(5)42(52)59-34)61-36-24-45(9,56-14)40(51)31(7)58-36)62-43-38(33(47(11)12)22-27(3)57-43)60-35(49)19-17-16-18-32-20-21-63-64(32)55/h26-34,36-41,43,50-51,53-55H,15-25H2,1-14H3;26-34,36-41,43,50-51,53-54H,15-25H2,1-14H3/q+1;/t2*26-,27-,28+,29-,30-,31+,32-,33+,34-,36+,37+,38-,39-,40+,41-,43+,44-,45-,46-,64?/m11/s1. The van der Waals surface area contributed by atoms with Crippen LogP contribution in [-0.2, 0) is 106 Å². The molecule has 0 aromatic carbocycles. The number of unbranched alkanes of at least 4 members (excludes halogenated alkanes) is 2. The van der Waals surface area contributed by atoms with Gasteiger partial charge in [-0.25, -0.2) is 0 Å². The maximum atomic E-state index is 14.5. The Balaban J connectivity index is 0.000000351. The molecule has 0 aliphatic carbocycles. The normalized spacial score (nSPS) is 46.0. The second-order valence-electron chi connectivity index (χ2n) is 40.8. The maximum Gasteiger partial charge on any atom is 0.311 e. The predicted octanol–water partition coefficient (Wildman–Crippen LogP) is 8.71. The summed E-state index contributed by atoms with van der Waals surface area (Å²) in [6.45, 7) is 36.1. The molecule has 40 atom stereocenters. The van der Waals surface area contributed by atoms with Crippen molar-refractivity contribution in [3.8, 4) is 0 Å². The summed E-state index contributed by atoms with van der Waals surface area (Å²) < 4.78 is 112. The third-order valence-corrected chi connectivity index (χ3v) is 36.2. The molecule has 8 saturated heterocycles. The molecule has 2 unspecified atom stereocenters. The molecule has 9 N–H and O–H groups in total. The molecule has 0 spiro atoms. The van der Waals surface area contributed by atoms with Gasteiger partial charge in [0.1, 0.15) is 63.9 Å². The molecule has 0 bridgehead atoms. The van der Waals surface area contributed by atoms with E-state index in [-0.39, 0.29) is 98.7 Å². The van der Waals surface area contributed by atoms with E-state index in [9.17, 15) is 69.1 Å². The smallest absolute Gasteiger partial charge is 0.311 e. The Morgan fingerprint density at radius 1 is 0.539 bits per heavy atom. The van der Waals surface area contributed by atoms with E-state index in [0.717, 1.165) is 50.0 Å². The Kier molecular flexibility index (Phi) is 43.6. The van der Waals surface area contributed by atoms with Crippen molar-refractivity contribution < 1.29 is 135 Å². The molecule has 748 valence electrons. The van der Waals surface area contributed by atoms with Crippen LogP contribution in [0.3, 0.4) is 0 Å². The highest BCUT2D eigenvalue weighted by Gasteiger charge is 2.58. The van der Waals surface area contributed by atoms with Gasteiger partial charge in [0, 0.05) is 106 Å². The number of aliphatic hydroxyl groups excluding tert-OH is 4. The van der Waals surface area contributed by atoms with Gasteiger partial charge in [0.2, 0.25) is 10.2 Å². The highest BCUT2D eigenvalue weighted by molar-refractivity contribution is 8.73. The molecule has 0 amide bonds. The van der Waals surface area contributed by atoms with Crippen molar-refractivity contribution in [2.24, 2.45) is 35.5 Å². The Morgan fingerprint density at radius 3 is 1.26 bits per heavy atom. The molecule has 0 radical (unpaired) electrons. The van der Waals surface area contributed by atoms with Gasteiger partial charge in [0.25, 0.3) is 0 Å². The van der Waals surface area contributed by atoms with Crippen LogP contribution in [0.25, 0.3) is 0 Å². The third kappa shape index (κ3) is 29.5. The minimum Gasteiger partial charge on any atom is -0.605 e. The van der Waals surface area contributed by atoms with Crippen LogP contribution in [-0.4, -0.2) is 366 Å². The summed E-state index contributed by atoms with van der Waals surface area (Å²) >= 11 is 0. The van der Waals surface area contributed by atoms with Gasteiger partial charge in [-0.05, 0) is 222 Å². The number of aliphatic hydroxyl groups is 8. The molecule has 0 aromatic heterocycles. The molecule has 0 aromatic rings. The Morgan fingerprint density at radius 2 is 0.922 bits per heavy atom. The number of carbonyl (C=O) groups is 4. The summed E-state index contributed by atoms with van der Waals surface area (Å²) in [5.41, 5.74) is -9.04. The Bertz CT molecular complexity index is 3390. The zero-order valence-electron chi connectivity index (χ0n) is 82.2. The molecule has 0 saturated carbocycles. The van der Waals surface area contributed by atoms with Gasteiger partial charge < -0.3 is 131 Å². The van der Waals surface area contributed by atoms with Crippen molar-refractivity contribution in [1.29, 1.82) is 0 Å². The van der Waals surface area contributed by atoms with E-state index in [1.807, 2.05) is 103 Å². The van der Waals surface area contributed by atoms with Crippen molar-refractivity contribution >= 4 is 65.9 Å². The fraction of sp³-hybridized carbons (Fsp3) is 0.957. The number of hydrogen-bond acceptors (Lipinski definition) is 34. The Labute approximate surface area is 778 Å². The SMILES string of the molecule is CC[C@H]1OC(=O)[C@H](C)[C@@H](O[C@H]2C[C@@](C)(OC)[C@@H](O)[C@H](C)O2)[C@H](C)[C@@H](O[C@@H]2O[C@H](C)C[C@H](N(C)C)[C@H]2OC(=O)CCCC[C@@H]2CCS[S+]2[O-])[C@](C)(O)C[C@@H](C)CN(C)[C@H](C)[C@@H](O)[C@]1(C)O.CC[C@H]1OC(=O)[C@H](C)[C@@H](O[C@H]2C[C@@](C)(OC)[C@@H](O)[C@H](C)O2)[C@H](C)[C@@H](O[C@@H]2O[C@H](C)C[C@H](N(C)C)[C@H]2OC(=O)CCCC[C@@H]2CC[S+](O)S2)[C@](C)(O)C[C@@H](C)CN(C)[C@H](C)[C@@H](O)[C@]1(C)O. The van der Waals surface area contributed by atoms with Gasteiger partial charge in [0.15, 0.2) is 43.1 Å². The lowest BCUT2D eigenvalue weighted by atomic mass is 9.77. The van der Waals surface area contributed by atoms with Crippen LogP contribution in [0.15, 0.2) is 0 Å². The van der Waals surface area contributed by atoms with Crippen molar-refractivity contribution in [3.63, 3.8) is 0 Å². The minimum atomic E-state index is -1.83. The zero-order valence-corrected chi connectivity index (χ0v) is 85.5. The number of cyclic esters (lactones) is 2. The molecule has 128 heavy (non-hydrogen) atoms. The van der Waals surface area contributed by atoms with Crippen LogP contribution >= 0.6 is 21.6 Å². The van der Waals surface area contributed by atoms with Gasteiger partial charge in [-0.2, -0.15) is 4.55 Å². The van der Waals surface area contributed by atoms with E-state index in [1.165, 1.54) is 38.9 Å². The van der Waals surface area contributed by atoms with E-state index < -0.39 is 218 Å². The molecule has 32 nitrogen and oxygen atoms in total. The van der Waals surface area contributed by atoms with E-state index in [4.69, 9.17) is 66.3 Å². The first-order valence-electron chi connectivity index (χ1n) is 47.1. The summed E-state index contributed by atoms with van der Waals surface area (Å²) in [6.07, 6.45) is -10.4. The van der Waals surface area contributed by atoms with Crippen molar-refractivity contribution in [1.82, 2.24) is 19.6 Å². The summed E-state index contributed by atoms with van der Waals surface area (Å²) in [5, 5.41) is 95.5. The van der Waals surface area contributed by atoms with Gasteiger partial charge in [-0.15, -0.1) is 0 Å². The first-order valence-corrected chi connectivity index (χ1v) is 52.6. The molecular formula is C92H169N4O28S4+.